The lowest BCUT2D eigenvalue weighted by atomic mass is 9.98. The van der Waals surface area contributed by atoms with Crippen LogP contribution in [0.3, 0.4) is 0 Å². The van der Waals surface area contributed by atoms with E-state index in [1.807, 2.05) is 35.4 Å². The summed E-state index contributed by atoms with van der Waals surface area (Å²) in [4.78, 5) is 28.0. The first-order chi connectivity index (χ1) is 14.3. The Kier molecular flexibility index (Phi) is 5.40. The van der Waals surface area contributed by atoms with Crippen LogP contribution in [-0.4, -0.2) is 63.8 Å². The second-order valence-electron chi connectivity index (χ2n) is 7.51. The van der Waals surface area contributed by atoms with E-state index >= 15 is 0 Å². The maximum Gasteiger partial charge on any atom is 0.433 e. The molecule has 30 heavy (non-hydrogen) atoms. The van der Waals surface area contributed by atoms with Gasteiger partial charge in [-0.1, -0.05) is 30.3 Å². The standard InChI is InChI=1S/C20H21F3N4O3/c21-20(22,23)17-16(11-24-25-17)18(28)26-8-6-14(7-9-26)27-15(12-30-19(27)29)10-13-4-2-1-3-5-13/h1-5,11,14-15H,6-10,12H2,(H,24,25). The van der Waals surface area contributed by atoms with E-state index in [4.69, 9.17) is 4.74 Å². The highest BCUT2D eigenvalue weighted by Gasteiger charge is 2.42. The lowest BCUT2D eigenvalue weighted by Crippen LogP contribution is -2.50. The van der Waals surface area contributed by atoms with Crippen LogP contribution < -0.4 is 0 Å². The van der Waals surface area contributed by atoms with Crippen LogP contribution in [0.4, 0.5) is 18.0 Å². The van der Waals surface area contributed by atoms with Crippen molar-refractivity contribution in [3.63, 3.8) is 0 Å². The number of cyclic esters (lactones) is 1. The third-order valence-electron chi connectivity index (χ3n) is 5.62. The minimum absolute atomic E-state index is 0.0992. The summed E-state index contributed by atoms with van der Waals surface area (Å²) >= 11 is 0. The van der Waals surface area contributed by atoms with E-state index in [2.05, 4.69) is 5.10 Å². The second kappa shape index (κ2) is 8.00. The van der Waals surface area contributed by atoms with Crippen LogP contribution in [0.5, 0.6) is 0 Å². The lowest BCUT2D eigenvalue weighted by Gasteiger charge is -2.38. The fourth-order valence-corrected chi connectivity index (χ4v) is 4.14. The number of carbonyl (C=O) groups is 2. The molecule has 1 aromatic heterocycles. The number of H-pyrrole nitrogens is 1. The highest BCUT2D eigenvalue weighted by atomic mass is 19.4. The first-order valence-corrected chi connectivity index (χ1v) is 9.73. The van der Waals surface area contributed by atoms with Crippen LogP contribution in [-0.2, 0) is 17.3 Å². The SMILES string of the molecule is O=C(c1cn[nH]c1C(F)(F)F)N1CCC(N2C(=O)OCC2Cc2ccccc2)CC1. The van der Waals surface area contributed by atoms with E-state index < -0.39 is 23.3 Å². The van der Waals surface area contributed by atoms with Gasteiger partial charge in [-0.3, -0.25) is 14.8 Å². The number of rotatable bonds is 4. The number of piperidine rings is 1. The Morgan fingerprint density at radius 3 is 2.57 bits per heavy atom. The molecule has 0 radical (unpaired) electrons. The Labute approximate surface area is 170 Å². The Morgan fingerprint density at radius 1 is 1.20 bits per heavy atom. The molecular formula is C20H21F3N4O3. The molecule has 1 atom stereocenters. The first-order valence-electron chi connectivity index (χ1n) is 9.73. The average molecular weight is 422 g/mol. The van der Waals surface area contributed by atoms with Crippen LogP contribution in [0.25, 0.3) is 0 Å². The molecule has 3 heterocycles. The van der Waals surface area contributed by atoms with Gasteiger partial charge in [-0.05, 0) is 24.8 Å². The summed E-state index contributed by atoms with van der Waals surface area (Å²) in [6, 6.07) is 9.56. The zero-order valence-corrected chi connectivity index (χ0v) is 16.1. The predicted molar refractivity (Wildman–Crippen MR) is 99.6 cm³/mol. The molecule has 7 nitrogen and oxygen atoms in total. The third-order valence-corrected chi connectivity index (χ3v) is 5.62. The molecule has 2 aliphatic rings. The summed E-state index contributed by atoms with van der Waals surface area (Å²) in [5.41, 5.74) is -0.526. The number of nitrogens with zero attached hydrogens (tertiary/aromatic N) is 3. The van der Waals surface area contributed by atoms with E-state index in [0.29, 0.717) is 25.9 Å². The summed E-state index contributed by atoms with van der Waals surface area (Å²) < 4.78 is 44.4. The summed E-state index contributed by atoms with van der Waals surface area (Å²) in [5.74, 6) is -0.709. The Balaban J connectivity index is 1.41. The van der Waals surface area contributed by atoms with Crippen LogP contribution in [0.2, 0.25) is 0 Å². The van der Waals surface area contributed by atoms with Crippen molar-refractivity contribution in [3.05, 3.63) is 53.3 Å². The van der Waals surface area contributed by atoms with Crippen LogP contribution >= 0.6 is 0 Å². The number of aromatic nitrogens is 2. The number of benzene rings is 1. The normalized spacial score (nSPS) is 20.5. The van der Waals surface area contributed by atoms with Gasteiger partial charge in [0.1, 0.15) is 6.61 Å². The molecule has 1 N–H and O–H groups in total. The van der Waals surface area contributed by atoms with Crippen molar-refractivity contribution in [2.45, 2.75) is 37.5 Å². The van der Waals surface area contributed by atoms with Gasteiger partial charge in [0, 0.05) is 19.1 Å². The largest absolute Gasteiger partial charge is 0.447 e. The molecule has 2 saturated heterocycles. The van der Waals surface area contributed by atoms with Crippen LogP contribution in [0.15, 0.2) is 36.5 Å². The molecule has 1 unspecified atom stereocenters. The summed E-state index contributed by atoms with van der Waals surface area (Å²) in [6.45, 7) is 0.818. The number of halogens is 3. The van der Waals surface area contributed by atoms with Crippen molar-refractivity contribution in [3.8, 4) is 0 Å². The molecule has 0 aliphatic carbocycles. The van der Waals surface area contributed by atoms with Gasteiger partial charge < -0.3 is 9.64 Å². The van der Waals surface area contributed by atoms with Crippen LogP contribution in [0, 0.1) is 0 Å². The number of ether oxygens (including phenoxy) is 1. The fourth-order valence-electron chi connectivity index (χ4n) is 4.14. The maximum atomic E-state index is 13.0. The van der Waals surface area contributed by atoms with E-state index in [-0.39, 0.29) is 31.3 Å². The average Bonchev–Trinajstić information content (AvgIpc) is 3.36. The zero-order valence-electron chi connectivity index (χ0n) is 16.1. The number of hydrogen-bond donors (Lipinski definition) is 1. The Hall–Kier alpha value is -3.04. The molecule has 2 amide bonds. The fraction of sp³-hybridized carbons (Fsp3) is 0.450. The first kappa shape index (κ1) is 20.2. The van der Waals surface area contributed by atoms with Gasteiger partial charge in [0.25, 0.3) is 5.91 Å². The molecule has 4 rings (SSSR count). The zero-order chi connectivity index (χ0) is 21.3. The maximum absolute atomic E-state index is 13.0. The van der Waals surface area contributed by atoms with Crippen LogP contribution in [0.1, 0.15) is 34.5 Å². The lowest BCUT2D eigenvalue weighted by molar-refractivity contribution is -0.141. The van der Waals surface area contributed by atoms with Crippen molar-refractivity contribution in [2.24, 2.45) is 0 Å². The van der Waals surface area contributed by atoms with E-state index in [0.717, 1.165) is 11.8 Å². The minimum atomic E-state index is -4.68. The van der Waals surface area contributed by atoms with Crippen molar-refractivity contribution < 1.29 is 27.5 Å². The number of aromatic amines is 1. The number of hydrogen-bond acceptors (Lipinski definition) is 4. The molecule has 160 valence electrons. The quantitative estimate of drug-likeness (QED) is 0.822. The molecule has 2 aromatic rings. The monoisotopic (exact) mass is 422 g/mol. The molecule has 0 saturated carbocycles. The molecule has 2 aliphatic heterocycles. The Morgan fingerprint density at radius 2 is 1.90 bits per heavy atom. The second-order valence-corrected chi connectivity index (χ2v) is 7.51. The van der Waals surface area contributed by atoms with Gasteiger partial charge in [0.15, 0.2) is 5.69 Å². The van der Waals surface area contributed by atoms with Gasteiger partial charge in [0.05, 0.1) is 17.8 Å². The number of alkyl halides is 3. The molecule has 2 fully saturated rings. The van der Waals surface area contributed by atoms with Gasteiger partial charge in [0.2, 0.25) is 0 Å². The number of likely N-dealkylation sites (tertiary alicyclic amines) is 1. The summed E-state index contributed by atoms with van der Waals surface area (Å²) in [5, 5.41) is 5.24. The van der Waals surface area contributed by atoms with Crippen molar-refractivity contribution >= 4 is 12.0 Å². The molecule has 10 heteroatoms. The third kappa shape index (κ3) is 3.99. The summed E-state index contributed by atoms with van der Waals surface area (Å²) in [7, 11) is 0. The Bertz CT molecular complexity index is 908. The van der Waals surface area contributed by atoms with E-state index in [1.54, 1.807) is 4.90 Å². The molecule has 0 bridgehead atoms. The number of amides is 2. The molecular weight excluding hydrogens is 401 g/mol. The van der Waals surface area contributed by atoms with E-state index in [9.17, 15) is 22.8 Å². The van der Waals surface area contributed by atoms with Gasteiger partial charge >= 0.3 is 12.3 Å². The van der Waals surface area contributed by atoms with Gasteiger partial charge in [-0.25, -0.2) is 4.79 Å². The molecule has 1 aromatic carbocycles. The van der Waals surface area contributed by atoms with Crippen molar-refractivity contribution in [2.75, 3.05) is 19.7 Å². The van der Waals surface area contributed by atoms with Crippen molar-refractivity contribution in [1.82, 2.24) is 20.0 Å². The highest BCUT2D eigenvalue weighted by Crippen LogP contribution is 2.32. The van der Waals surface area contributed by atoms with Gasteiger partial charge in [-0.15, -0.1) is 0 Å². The summed E-state index contributed by atoms with van der Waals surface area (Å²) in [6.07, 6.45) is -2.53. The number of nitrogens with one attached hydrogen (secondary N) is 1. The van der Waals surface area contributed by atoms with E-state index in [1.165, 1.54) is 4.90 Å². The van der Waals surface area contributed by atoms with Gasteiger partial charge in [-0.2, -0.15) is 18.3 Å². The smallest absolute Gasteiger partial charge is 0.433 e. The predicted octanol–water partition coefficient (Wildman–Crippen LogP) is 3.10. The topological polar surface area (TPSA) is 78.5 Å². The number of carbonyl (C=O) groups excluding carboxylic acids is 2. The molecule has 0 spiro atoms. The highest BCUT2D eigenvalue weighted by molar-refractivity contribution is 5.95. The minimum Gasteiger partial charge on any atom is -0.447 e. The van der Waals surface area contributed by atoms with Crippen molar-refractivity contribution in [1.29, 1.82) is 0 Å².